The molecule has 2 aliphatic heterocycles. The van der Waals surface area contributed by atoms with Crippen LogP contribution in [0.4, 0.5) is 19.0 Å². The van der Waals surface area contributed by atoms with Crippen LogP contribution in [0, 0.1) is 0 Å². The van der Waals surface area contributed by atoms with Crippen molar-refractivity contribution in [3.05, 3.63) is 45.6 Å². The average Bonchev–Trinajstić information content (AvgIpc) is 3.08. The van der Waals surface area contributed by atoms with Gasteiger partial charge in [-0.3, -0.25) is 4.79 Å². The van der Waals surface area contributed by atoms with Crippen molar-refractivity contribution in [2.75, 3.05) is 13.2 Å². The third-order valence-electron chi connectivity index (χ3n) is 5.00. The van der Waals surface area contributed by atoms with Crippen LogP contribution in [0.1, 0.15) is 46.8 Å². The van der Waals surface area contributed by atoms with Gasteiger partial charge in [0.1, 0.15) is 0 Å². The number of aliphatic imine (C=N–C) groups is 1. The first-order chi connectivity index (χ1) is 13.3. The lowest BCUT2D eigenvalue weighted by atomic mass is 9.98. The molecule has 1 aromatic carbocycles. The monoisotopic (exact) mass is 455 g/mol. The fraction of sp³-hybridized carbons (Fsp3) is 0.421. The number of halogens is 4. The number of benzene rings is 1. The molecule has 0 radical (unpaired) electrons. The molecule has 0 N–H and O–H groups in total. The minimum absolute atomic E-state index is 0.0785. The number of Topliss-reactive ketones (excluding diaryl/α,β-unsaturated/α-hetero) is 1. The number of hydrogen-bond acceptors (Lipinski definition) is 4. The molecule has 0 amide bonds. The van der Waals surface area contributed by atoms with Crippen LogP contribution in [0.15, 0.2) is 33.9 Å². The molecule has 4 rings (SSSR count). The summed E-state index contributed by atoms with van der Waals surface area (Å²) in [5.41, 5.74) is 0.730. The normalized spacial score (nSPS) is 18.1. The van der Waals surface area contributed by atoms with Gasteiger partial charge < -0.3 is 4.74 Å². The Morgan fingerprint density at radius 2 is 2.00 bits per heavy atom. The Balaban J connectivity index is 1.66. The molecular formula is C19H17BrF3N3O2. The molecule has 3 heterocycles. The van der Waals surface area contributed by atoms with E-state index in [1.165, 1.54) is 12.3 Å². The lowest BCUT2D eigenvalue weighted by Crippen LogP contribution is -2.22. The number of ether oxygens (including phenoxy) is 1. The quantitative estimate of drug-likeness (QED) is 0.659. The first-order valence-electron chi connectivity index (χ1n) is 8.93. The van der Waals surface area contributed by atoms with Gasteiger partial charge in [-0.15, -0.1) is 0 Å². The number of alkyl halides is 3. The summed E-state index contributed by atoms with van der Waals surface area (Å²) in [6.07, 6.45) is -1.08. The molecule has 0 saturated carbocycles. The van der Waals surface area contributed by atoms with Crippen molar-refractivity contribution >= 4 is 33.2 Å². The van der Waals surface area contributed by atoms with Crippen LogP contribution in [0.3, 0.4) is 0 Å². The van der Waals surface area contributed by atoms with E-state index in [-0.39, 0.29) is 24.7 Å². The number of fused-ring (bicyclic) bond motifs is 1. The minimum atomic E-state index is -4.42. The highest BCUT2D eigenvalue weighted by molar-refractivity contribution is 9.10. The summed E-state index contributed by atoms with van der Waals surface area (Å²) in [5.74, 6) is 0.391. The highest BCUT2D eigenvalue weighted by Crippen LogP contribution is 2.35. The third-order valence-corrected chi connectivity index (χ3v) is 5.78. The SMILES string of the molecule is O=C1CC(Cc2cc(C(F)(F)F)ccc2Br)=Nc2c1cnn2C1CCOCC1. The van der Waals surface area contributed by atoms with Crippen LogP contribution in [-0.4, -0.2) is 34.5 Å². The van der Waals surface area contributed by atoms with Crippen molar-refractivity contribution in [2.45, 2.75) is 37.9 Å². The molecule has 0 aliphatic carbocycles. The van der Waals surface area contributed by atoms with Gasteiger partial charge in [0.05, 0.1) is 29.8 Å². The van der Waals surface area contributed by atoms with E-state index in [1.807, 2.05) is 0 Å². The predicted octanol–water partition coefficient (Wildman–Crippen LogP) is 4.92. The van der Waals surface area contributed by atoms with Crippen molar-refractivity contribution in [2.24, 2.45) is 4.99 Å². The van der Waals surface area contributed by atoms with E-state index in [0.29, 0.717) is 40.3 Å². The van der Waals surface area contributed by atoms with Crippen molar-refractivity contribution in [1.82, 2.24) is 9.78 Å². The maximum Gasteiger partial charge on any atom is 0.416 e. The summed E-state index contributed by atoms with van der Waals surface area (Å²) in [4.78, 5) is 17.2. The second-order valence-corrected chi connectivity index (χ2v) is 7.78. The largest absolute Gasteiger partial charge is 0.416 e. The maximum atomic E-state index is 13.0. The third kappa shape index (κ3) is 3.77. The topological polar surface area (TPSA) is 56.5 Å². The minimum Gasteiger partial charge on any atom is -0.381 e. The van der Waals surface area contributed by atoms with E-state index in [9.17, 15) is 18.0 Å². The van der Waals surface area contributed by atoms with Crippen LogP contribution in [-0.2, 0) is 17.3 Å². The highest BCUT2D eigenvalue weighted by atomic mass is 79.9. The van der Waals surface area contributed by atoms with Gasteiger partial charge in [-0.1, -0.05) is 15.9 Å². The van der Waals surface area contributed by atoms with Crippen molar-refractivity contribution in [1.29, 1.82) is 0 Å². The molecule has 5 nitrogen and oxygen atoms in total. The first-order valence-corrected chi connectivity index (χ1v) is 9.73. The number of carbonyl (C=O) groups is 1. The molecule has 0 atom stereocenters. The van der Waals surface area contributed by atoms with Crippen molar-refractivity contribution in [3.63, 3.8) is 0 Å². The zero-order chi connectivity index (χ0) is 19.9. The average molecular weight is 456 g/mol. The fourth-order valence-electron chi connectivity index (χ4n) is 3.54. The summed E-state index contributed by atoms with van der Waals surface area (Å²) in [7, 11) is 0. The molecule has 148 valence electrons. The zero-order valence-corrected chi connectivity index (χ0v) is 16.4. The maximum absolute atomic E-state index is 13.0. The Morgan fingerprint density at radius 1 is 1.25 bits per heavy atom. The molecule has 9 heteroatoms. The predicted molar refractivity (Wildman–Crippen MR) is 100 cm³/mol. The molecule has 0 spiro atoms. The number of nitrogens with zero attached hydrogens (tertiary/aromatic N) is 3. The van der Waals surface area contributed by atoms with Gasteiger partial charge in [0.15, 0.2) is 11.6 Å². The second-order valence-electron chi connectivity index (χ2n) is 6.93. The van der Waals surface area contributed by atoms with Gasteiger partial charge in [-0.05, 0) is 36.6 Å². The standard InChI is InChI=1S/C19H17BrF3N3O2/c20-16-2-1-12(19(21,22)23)7-11(16)8-13-9-17(27)15-10-24-26(18(15)25-13)14-3-5-28-6-4-14/h1-2,7,10,14H,3-6,8-9H2. The van der Waals surface area contributed by atoms with E-state index in [1.54, 1.807) is 4.68 Å². The summed E-state index contributed by atoms with van der Waals surface area (Å²) >= 11 is 3.30. The number of rotatable bonds is 3. The van der Waals surface area contributed by atoms with Crippen LogP contribution < -0.4 is 0 Å². The summed E-state index contributed by atoms with van der Waals surface area (Å²) < 4.78 is 46.8. The second kappa shape index (κ2) is 7.44. The summed E-state index contributed by atoms with van der Waals surface area (Å²) in [6, 6.07) is 3.61. The van der Waals surface area contributed by atoms with Crippen LogP contribution in [0.5, 0.6) is 0 Å². The summed E-state index contributed by atoms with van der Waals surface area (Å²) in [6.45, 7) is 1.25. The van der Waals surface area contributed by atoms with Gasteiger partial charge >= 0.3 is 6.18 Å². The lowest BCUT2D eigenvalue weighted by molar-refractivity contribution is -0.137. The van der Waals surface area contributed by atoms with E-state index in [2.05, 4.69) is 26.0 Å². The summed E-state index contributed by atoms with van der Waals surface area (Å²) in [5, 5.41) is 4.35. The molecule has 28 heavy (non-hydrogen) atoms. The fourth-order valence-corrected chi connectivity index (χ4v) is 3.93. The highest BCUT2D eigenvalue weighted by Gasteiger charge is 2.32. The van der Waals surface area contributed by atoms with Crippen molar-refractivity contribution < 1.29 is 22.7 Å². The first kappa shape index (κ1) is 19.3. The lowest BCUT2D eigenvalue weighted by Gasteiger charge is -2.24. The number of ketones is 1. The number of hydrogen-bond donors (Lipinski definition) is 0. The smallest absolute Gasteiger partial charge is 0.381 e. The van der Waals surface area contributed by atoms with Crippen LogP contribution in [0.25, 0.3) is 0 Å². The molecule has 1 aromatic heterocycles. The Hall–Kier alpha value is -2.00. The van der Waals surface area contributed by atoms with Gasteiger partial charge in [0, 0.05) is 29.8 Å². The van der Waals surface area contributed by atoms with Crippen molar-refractivity contribution in [3.8, 4) is 0 Å². The Kier molecular flexibility index (Phi) is 5.13. The Labute approximate surface area is 167 Å². The van der Waals surface area contributed by atoms with Crippen LogP contribution in [0.2, 0.25) is 0 Å². The molecule has 0 unspecified atom stereocenters. The van der Waals surface area contributed by atoms with Gasteiger partial charge in [0.25, 0.3) is 0 Å². The molecule has 2 aliphatic rings. The number of carbonyl (C=O) groups excluding carboxylic acids is 1. The van der Waals surface area contributed by atoms with E-state index >= 15 is 0 Å². The molecule has 1 saturated heterocycles. The van der Waals surface area contributed by atoms with Gasteiger partial charge in [-0.2, -0.15) is 18.3 Å². The molecule has 2 aromatic rings. The Bertz CT molecular complexity index is 946. The van der Waals surface area contributed by atoms with E-state index in [0.717, 1.165) is 25.0 Å². The molecular weight excluding hydrogens is 439 g/mol. The van der Waals surface area contributed by atoms with Gasteiger partial charge in [-0.25, -0.2) is 9.67 Å². The van der Waals surface area contributed by atoms with E-state index < -0.39 is 11.7 Å². The van der Waals surface area contributed by atoms with Crippen LogP contribution >= 0.6 is 15.9 Å². The van der Waals surface area contributed by atoms with E-state index in [4.69, 9.17) is 4.74 Å². The number of aromatic nitrogens is 2. The van der Waals surface area contributed by atoms with Gasteiger partial charge in [0.2, 0.25) is 0 Å². The molecule has 1 fully saturated rings. The zero-order valence-electron chi connectivity index (χ0n) is 14.8. The Morgan fingerprint density at radius 3 is 2.71 bits per heavy atom. The molecule has 0 bridgehead atoms.